The van der Waals surface area contributed by atoms with Crippen LogP contribution >= 0.6 is 0 Å². The Kier molecular flexibility index (Phi) is 5.04. The van der Waals surface area contributed by atoms with Crippen molar-refractivity contribution in [2.24, 2.45) is 4.99 Å². The minimum Gasteiger partial charge on any atom is -0.489 e. The predicted molar refractivity (Wildman–Crippen MR) is 111 cm³/mol. The molecule has 8 heteroatoms. The van der Waals surface area contributed by atoms with Gasteiger partial charge in [0.1, 0.15) is 17.7 Å². The Labute approximate surface area is 170 Å². The van der Waals surface area contributed by atoms with Crippen LogP contribution in [0.15, 0.2) is 52.4 Å². The van der Waals surface area contributed by atoms with Crippen LogP contribution < -0.4 is 14.8 Å². The van der Waals surface area contributed by atoms with Crippen molar-refractivity contribution in [2.75, 3.05) is 11.9 Å². The summed E-state index contributed by atoms with van der Waals surface area (Å²) in [6, 6.07) is 11.7. The maximum Gasteiger partial charge on any atom is 0.262 e. The molecule has 2 aromatic rings. The van der Waals surface area contributed by atoms with E-state index < -0.39 is 10.0 Å². The van der Waals surface area contributed by atoms with Crippen molar-refractivity contribution in [1.82, 2.24) is 4.72 Å². The minimum absolute atomic E-state index is 0.00278. The van der Waals surface area contributed by atoms with Crippen molar-refractivity contribution in [1.29, 1.82) is 0 Å². The lowest BCUT2D eigenvalue weighted by Gasteiger charge is -2.12. The summed E-state index contributed by atoms with van der Waals surface area (Å²) >= 11 is 0. The monoisotopic (exact) mass is 413 g/mol. The quantitative estimate of drug-likeness (QED) is 0.804. The number of para-hydroxylation sites is 1. The van der Waals surface area contributed by atoms with Gasteiger partial charge in [-0.15, -0.1) is 0 Å². The maximum atomic E-state index is 12.9. The number of carbonyl (C=O) groups is 1. The Morgan fingerprint density at radius 1 is 1.17 bits per heavy atom. The van der Waals surface area contributed by atoms with E-state index in [0.717, 1.165) is 12.0 Å². The van der Waals surface area contributed by atoms with Crippen LogP contribution in [0, 0.1) is 0 Å². The zero-order valence-corrected chi connectivity index (χ0v) is 17.1. The molecule has 1 amide bonds. The zero-order valence-electron chi connectivity index (χ0n) is 16.3. The first-order valence-electron chi connectivity index (χ1n) is 9.62. The molecule has 2 heterocycles. The number of benzene rings is 2. The Morgan fingerprint density at radius 2 is 1.97 bits per heavy atom. The summed E-state index contributed by atoms with van der Waals surface area (Å²) in [5.41, 5.74) is 1.83. The van der Waals surface area contributed by atoms with Crippen molar-refractivity contribution >= 4 is 27.5 Å². The van der Waals surface area contributed by atoms with E-state index in [1.807, 2.05) is 19.1 Å². The SMILES string of the molecule is C[C@H]1Oc2c(C(=O)Nc3cccc(S(=O)(=O)NC4=NCCC4)c3)cccc2[C@@H]1C. The minimum atomic E-state index is -3.75. The van der Waals surface area contributed by atoms with Crippen molar-refractivity contribution in [3.8, 4) is 5.75 Å². The van der Waals surface area contributed by atoms with E-state index in [1.165, 1.54) is 12.1 Å². The first kappa shape index (κ1) is 19.4. The zero-order chi connectivity index (χ0) is 20.6. The summed E-state index contributed by atoms with van der Waals surface area (Å²) in [4.78, 5) is 17.1. The molecule has 2 atom stereocenters. The van der Waals surface area contributed by atoms with Crippen LogP contribution in [-0.4, -0.2) is 32.8 Å². The molecule has 0 bridgehead atoms. The highest BCUT2D eigenvalue weighted by molar-refractivity contribution is 7.90. The van der Waals surface area contributed by atoms with Crippen LogP contribution in [0.25, 0.3) is 0 Å². The first-order valence-corrected chi connectivity index (χ1v) is 11.1. The molecule has 0 aliphatic carbocycles. The van der Waals surface area contributed by atoms with Gasteiger partial charge in [0, 0.05) is 30.1 Å². The molecule has 0 aromatic heterocycles. The first-order chi connectivity index (χ1) is 13.8. The number of rotatable bonds is 4. The maximum absolute atomic E-state index is 12.9. The van der Waals surface area contributed by atoms with Crippen molar-refractivity contribution < 1.29 is 17.9 Å². The Balaban J connectivity index is 1.56. The molecule has 0 unspecified atom stereocenters. The van der Waals surface area contributed by atoms with Gasteiger partial charge in [-0.2, -0.15) is 0 Å². The lowest BCUT2D eigenvalue weighted by Crippen LogP contribution is -2.29. The molecular weight excluding hydrogens is 390 g/mol. The normalized spacial score (nSPS) is 20.6. The second-order valence-corrected chi connectivity index (χ2v) is 9.04. The molecule has 2 aliphatic rings. The molecule has 2 aromatic carbocycles. The summed E-state index contributed by atoms with van der Waals surface area (Å²) in [6.07, 6.45) is 1.46. The lowest BCUT2D eigenvalue weighted by atomic mass is 9.97. The summed E-state index contributed by atoms with van der Waals surface area (Å²) in [6.45, 7) is 4.67. The number of aliphatic imine (C=N–C) groups is 1. The second kappa shape index (κ2) is 7.51. The molecule has 0 saturated heterocycles. The predicted octanol–water partition coefficient (Wildman–Crippen LogP) is 3.29. The van der Waals surface area contributed by atoms with E-state index in [4.69, 9.17) is 4.74 Å². The molecule has 29 heavy (non-hydrogen) atoms. The highest BCUT2D eigenvalue weighted by Gasteiger charge is 2.31. The van der Waals surface area contributed by atoms with Crippen molar-refractivity contribution in [3.05, 3.63) is 53.6 Å². The number of anilines is 1. The third-order valence-corrected chi connectivity index (χ3v) is 6.70. The van der Waals surface area contributed by atoms with E-state index in [9.17, 15) is 13.2 Å². The van der Waals surface area contributed by atoms with Crippen LogP contribution in [0.4, 0.5) is 5.69 Å². The smallest absolute Gasteiger partial charge is 0.262 e. The molecule has 0 radical (unpaired) electrons. The summed E-state index contributed by atoms with van der Waals surface area (Å²) in [7, 11) is -3.75. The van der Waals surface area contributed by atoms with Gasteiger partial charge < -0.3 is 10.1 Å². The molecule has 0 saturated carbocycles. The summed E-state index contributed by atoms with van der Waals surface area (Å²) < 4.78 is 33.6. The summed E-state index contributed by atoms with van der Waals surface area (Å²) in [5, 5.41) is 2.78. The standard InChI is InChI=1S/C21H23N3O4S/c1-13-14(2)28-20-17(13)8-4-9-18(20)21(25)23-15-6-3-7-16(12-15)29(26,27)24-19-10-5-11-22-19/h3-4,6-9,12-14H,5,10-11H2,1-2H3,(H,22,24)(H,23,25)/t13-,14-/m1/s1. The van der Waals surface area contributed by atoms with Gasteiger partial charge in [-0.25, -0.2) is 8.42 Å². The van der Waals surface area contributed by atoms with Gasteiger partial charge in [-0.3, -0.25) is 14.5 Å². The van der Waals surface area contributed by atoms with Crippen LogP contribution in [0.1, 0.15) is 48.5 Å². The number of fused-ring (bicyclic) bond motifs is 1. The molecule has 152 valence electrons. The second-order valence-electron chi connectivity index (χ2n) is 7.35. The third kappa shape index (κ3) is 3.85. The Hall–Kier alpha value is -2.87. The van der Waals surface area contributed by atoms with Gasteiger partial charge in [-0.05, 0) is 37.6 Å². The molecule has 2 aliphatic heterocycles. The molecular formula is C21H23N3O4S. The number of amidine groups is 1. The topological polar surface area (TPSA) is 96.9 Å². The average Bonchev–Trinajstić information content (AvgIpc) is 3.29. The molecule has 0 fully saturated rings. The number of ether oxygens (including phenoxy) is 1. The van der Waals surface area contributed by atoms with E-state index >= 15 is 0 Å². The van der Waals surface area contributed by atoms with E-state index in [-0.39, 0.29) is 22.8 Å². The number of sulfonamides is 1. The number of carbonyl (C=O) groups excluding carboxylic acids is 1. The van der Waals surface area contributed by atoms with Crippen molar-refractivity contribution in [3.63, 3.8) is 0 Å². The lowest BCUT2D eigenvalue weighted by molar-refractivity contribution is 0.102. The van der Waals surface area contributed by atoms with Gasteiger partial charge in [-0.1, -0.05) is 25.1 Å². The number of hydrogen-bond acceptors (Lipinski definition) is 5. The fourth-order valence-corrected chi connectivity index (χ4v) is 4.68. The summed E-state index contributed by atoms with van der Waals surface area (Å²) in [5.74, 6) is 0.927. The van der Waals surface area contributed by atoms with E-state index in [2.05, 4.69) is 22.0 Å². The van der Waals surface area contributed by atoms with Crippen LogP contribution in [0.5, 0.6) is 5.75 Å². The largest absolute Gasteiger partial charge is 0.489 e. The fourth-order valence-electron chi connectivity index (χ4n) is 3.54. The van der Waals surface area contributed by atoms with E-state index in [1.54, 1.807) is 18.2 Å². The Morgan fingerprint density at radius 3 is 2.72 bits per heavy atom. The highest BCUT2D eigenvalue weighted by Crippen LogP contribution is 2.40. The van der Waals surface area contributed by atoms with Crippen LogP contribution in [0.3, 0.4) is 0 Å². The van der Waals surface area contributed by atoms with Gasteiger partial charge >= 0.3 is 0 Å². The third-order valence-electron chi connectivity index (χ3n) is 5.32. The van der Waals surface area contributed by atoms with Crippen LogP contribution in [-0.2, 0) is 10.0 Å². The van der Waals surface area contributed by atoms with Crippen LogP contribution in [0.2, 0.25) is 0 Å². The van der Waals surface area contributed by atoms with Gasteiger partial charge in [0.2, 0.25) is 0 Å². The number of nitrogens with one attached hydrogen (secondary N) is 2. The van der Waals surface area contributed by atoms with Crippen molar-refractivity contribution in [2.45, 2.75) is 43.6 Å². The fraction of sp³-hybridized carbons (Fsp3) is 0.333. The number of hydrogen-bond donors (Lipinski definition) is 2. The Bertz CT molecular complexity index is 1090. The van der Waals surface area contributed by atoms with Gasteiger partial charge in [0.25, 0.3) is 15.9 Å². The molecule has 2 N–H and O–H groups in total. The molecule has 7 nitrogen and oxygen atoms in total. The van der Waals surface area contributed by atoms with Gasteiger partial charge in [0.15, 0.2) is 0 Å². The number of nitrogens with zero attached hydrogens (tertiary/aromatic N) is 1. The molecule has 0 spiro atoms. The highest BCUT2D eigenvalue weighted by atomic mass is 32.2. The average molecular weight is 413 g/mol. The molecule has 4 rings (SSSR count). The number of amides is 1. The van der Waals surface area contributed by atoms with E-state index in [0.29, 0.717) is 35.8 Å². The van der Waals surface area contributed by atoms with Gasteiger partial charge in [0.05, 0.1) is 10.5 Å².